The Kier molecular flexibility index (Phi) is 4.98. The number of imidazole rings is 1. The zero-order chi connectivity index (χ0) is 19.5. The lowest BCUT2D eigenvalue weighted by Gasteiger charge is -2.07. The lowest BCUT2D eigenvalue weighted by atomic mass is 10.0. The fourth-order valence-electron chi connectivity index (χ4n) is 3.26. The molecule has 0 aliphatic heterocycles. The largest absolute Gasteiger partial charge is 0.464 e. The quantitative estimate of drug-likeness (QED) is 0.552. The SMILES string of the molecule is Cc1cc2occ(CC(=O)NCc3ccc(Cn4ccnc4)cc3)c2cc1C. The minimum absolute atomic E-state index is 0.0107. The second-order valence-corrected chi connectivity index (χ2v) is 7.20. The average Bonchev–Trinajstić information content (AvgIpc) is 3.32. The Hall–Kier alpha value is -3.34. The summed E-state index contributed by atoms with van der Waals surface area (Å²) in [6, 6.07) is 12.4. The van der Waals surface area contributed by atoms with Gasteiger partial charge in [0.25, 0.3) is 0 Å². The third-order valence-corrected chi connectivity index (χ3v) is 5.06. The predicted octanol–water partition coefficient (Wildman–Crippen LogP) is 4.15. The number of rotatable bonds is 6. The molecule has 0 unspecified atom stereocenters. The molecule has 2 heterocycles. The number of nitrogens with zero attached hydrogens (tertiary/aromatic N) is 2. The maximum atomic E-state index is 12.4. The molecule has 0 saturated heterocycles. The molecule has 0 saturated carbocycles. The molecule has 0 atom stereocenters. The fraction of sp³-hybridized carbons (Fsp3) is 0.217. The highest BCUT2D eigenvalue weighted by atomic mass is 16.3. The lowest BCUT2D eigenvalue weighted by molar-refractivity contribution is -0.120. The van der Waals surface area contributed by atoms with E-state index in [0.29, 0.717) is 13.0 Å². The zero-order valence-electron chi connectivity index (χ0n) is 16.1. The van der Waals surface area contributed by atoms with Crippen LogP contribution in [-0.2, 0) is 24.3 Å². The van der Waals surface area contributed by atoms with Gasteiger partial charge in [0.2, 0.25) is 5.91 Å². The first-order valence-electron chi connectivity index (χ1n) is 9.36. The first-order chi connectivity index (χ1) is 13.6. The van der Waals surface area contributed by atoms with Gasteiger partial charge >= 0.3 is 0 Å². The molecule has 1 N–H and O–H groups in total. The third kappa shape index (κ3) is 3.98. The number of aryl methyl sites for hydroxylation is 2. The Bertz CT molecular complexity index is 1090. The molecule has 2 aromatic carbocycles. The minimum Gasteiger partial charge on any atom is -0.464 e. The summed E-state index contributed by atoms with van der Waals surface area (Å²) in [5.74, 6) is -0.0107. The van der Waals surface area contributed by atoms with E-state index in [1.54, 1.807) is 18.8 Å². The molecule has 0 radical (unpaired) electrons. The number of hydrogen-bond donors (Lipinski definition) is 1. The third-order valence-electron chi connectivity index (χ3n) is 5.06. The molecule has 142 valence electrons. The average molecular weight is 373 g/mol. The van der Waals surface area contributed by atoms with Crippen molar-refractivity contribution in [2.24, 2.45) is 0 Å². The van der Waals surface area contributed by atoms with E-state index in [0.717, 1.165) is 28.6 Å². The van der Waals surface area contributed by atoms with Gasteiger partial charge in [0.1, 0.15) is 5.58 Å². The molecule has 1 amide bonds. The van der Waals surface area contributed by atoms with Gasteiger partial charge in [0.05, 0.1) is 19.0 Å². The Morgan fingerprint density at radius 3 is 2.61 bits per heavy atom. The summed E-state index contributed by atoms with van der Waals surface area (Å²) >= 11 is 0. The van der Waals surface area contributed by atoms with Crippen LogP contribution in [0, 0.1) is 13.8 Å². The summed E-state index contributed by atoms with van der Waals surface area (Å²) in [5.41, 5.74) is 6.42. The summed E-state index contributed by atoms with van der Waals surface area (Å²) in [7, 11) is 0. The van der Waals surface area contributed by atoms with Crippen molar-refractivity contribution in [3.05, 3.63) is 89.2 Å². The maximum Gasteiger partial charge on any atom is 0.224 e. The van der Waals surface area contributed by atoms with Crippen LogP contribution in [0.4, 0.5) is 0 Å². The van der Waals surface area contributed by atoms with Crippen LogP contribution in [0.3, 0.4) is 0 Å². The van der Waals surface area contributed by atoms with Crippen molar-refractivity contribution in [2.75, 3.05) is 0 Å². The fourth-order valence-corrected chi connectivity index (χ4v) is 3.26. The second kappa shape index (κ2) is 7.72. The van der Waals surface area contributed by atoms with E-state index < -0.39 is 0 Å². The summed E-state index contributed by atoms with van der Waals surface area (Å²) < 4.78 is 7.64. The monoisotopic (exact) mass is 373 g/mol. The smallest absolute Gasteiger partial charge is 0.224 e. The van der Waals surface area contributed by atoms with E-state index in [-0.39, 0.29) is 5.91 Å². The van der Waals surface area contributed by atoms with Crippen LogP contribution < -0.4 is 5.32 Å². The normalized spacial score (nSPS) is 11.1. The van der Waals surface area contributed by atoms with E-state index in [1.165, 1.54) is 16.7 Å². The predicted molar refractivity (Wildman–Crippen MR) is 109 cm³/mol. The van der Waals surface area contributed by atoms with E-state index in [9.17, 15) is 4.79 Å². The van der Waals surface area contributed by atoms with Crippen molar-refractivity contribution in [3.63, 3.8) is 0 Å². The Morgan fingerprint density at radius 1 is 1.11 bits per heavy atom. The molecule has 0 spiro atoms. The van der Waals surface area contributed by atoms with Crippen molar-refractivity contribution in [1.82, 2.24) is 14.9 Å². The zero-order valence-corrected chi connectivity index (χ0v) is 16.1. The van der Waals surface area contributed by atoms with Gasteiger partial charge in [-0.1, -0.05) is 24.3 Å². The first kappa shape index (κ1) is 18.0. The van der Waals surface area contributed by atoms with E-state index in [4.69, 9.17) is 4.42 Å². The van der Waals surface area contributed by atoms with Crippen LogP contribution in [0.5, 0.6) is 0 Å². The Morgan fingerprint density at radius 2 is 1.86 bits per heavy atom. The van der Waals surface area contributed by atoms with Gasteiger partial charge in [-0.05, 0) is 48.2 Å². The van der Waals surface area contributed by atoms with E-state index >= 15 is 0 Å². The van der Waals surface area contributed by atoms with Crippen LogP contribution in [-0.4, -0.2) is 15.5 Å². The van der Waals surface area contributed by atoms with Gasteiger partial charge in [0.15, 0.2) is 0 Å². The number of carbonyl (C=O) groups excluding carboxylic acids is 1. The van der Waals surface area contributed by atoms with Crippen LogP contribution in [0.15, 0.2) is 65.8 Å². The van der Waals surface area contributed by atoms with Crippen molar-refractivity contribution in [3.8, 4) is 0 Å². The summed E-state index contributed by atoms with van der Waals surface area (Å²) in [6.07, 6.45) is 7.52. The van der Waals surface area contributed by atoms with Gasteiger partial charge in [0, 0.05) is 36.4 Å². The van der Waals surface area contributed by atoms with Gasteiger partial charge in [-0.3, -0.25) is 4.79 Å². The molecular weight excluding hydrogens is 350 g/mol. The van der Waals surface area contributed by atoms with Crippen molar-refractivity contribution >= 4 is 16.9 Å². The van der Waals surface area contributed by atoms with Crippen LogP contribution in [0.2, 0.25) is 0 Å². The summed E-state index contributed by atoms with van der Waals surface area (Å²) in [4.78, 5) is 16.4. The molecule has 0 bridgehead atoms. The van der Waals surface area contributed by atoms with Gasteiger partial charge in [-0.15, -0.1) is 0 Å². The number of aromatic nitrogens is 2. The summed E-state index contributed by atoms with van der Waals surface area (Å²) in [6.45, 7) is 5.43. The van der Waals surface area contributed by atoms with E-state index in [2.05, 4.69) is 42.3 Å². The number of furan rings is 1. The molecular formula is C23H23N3O2. The molecule has 28 heavy (non-hydrogen) atoms. The van der Waals surface area contributed by atoms with Crippen molar-refractivity contribution in [1.29, 1.82) is 0 Å². The molecule has 4 rings (SSSR count). The number of benzene rings is 2. The maximum absolute atomic E-state index is 12.4. The summed E-state index contributed by atoms with van der Waals surface area (Å²) in [5, 5.41) is 4.01. The number of hydrogen-bond acceptors (Lipinski definition) is 3. The van der Waals surface area contributed by atoms with Gasteiger partial charge < -0.3 is 14.3 Å². The molecule has 4 aromatic rings. The Balaban J connectivity index is 1.35. The minimum atomic E-state index is -0.0107. The highest BCUT2D eigenvalue weighted by Crippen LogP contribution is 2.25. The molecule has 0 aliphatic carbocycles. The van der Waals surface area contributed by atoms with Crippen LogP contribution in [0.1, 0.15) is 27.8 Å². The van der Waals surface area contributed by atoms with E-state index in [1.807, 2.05) is 29.0 Å². The first-order valence-corrected chi connectivity index (χ1v) is 9.36. The second-order valence-electron chi connectivity index (χ2n) is 7.20. The number of carbonyl (C=O) groups is 1. The van der Waals surface area contributed by atoms with Crippen molar-refractivity contribution in [2.45, 2.75) is 33.4 Å². The standard InChI is InChI=1S/C23H23N3O2/c1-16-9-21-20(14-28-22(21)10-17(16)2)11-23(27)25-12-18-3-5-19(6-4-18)13-26-8-7-24-15-26/h3-10,14-15H,11-13H2,1-2H3,(H,25,27). The molecule has 0 fully saturated rings. The van der Waals surface area contributed by atoms with Gasteiger partial charge in [-0.2, -0.15) is 0 Å². The highest BCUT2D eigenvalue weighted by molar-refractivity contribution is 5.88. The van der Waals surface area contributed by atoms with Gasteiger partial charge in [-0.25, -0.2) is 4.98 Å². The van der Waals surface area contributed by atoms with Crippen LogP contribution in [0.25, 0.3) is 11.0 Å². The van der Waals surface area contributed by atoms with Crippen LogP contribution >= 0.6 is 0 Å². The number of nitrogens with one attached hydrogen (secondary N) is 1. The number of fused-ring (bicyclic) bond motifs is 1. The molecule has 5 heteroatoms. The topological polar surface area (TPSA) is 60.1 Å². The Labute approximate surface area is 164 Å². The molecule has 5 nitrogen and oxygen atoms in total. The molecule has 2 aromatic heterocycles. The number of amides is 1. The van der Waals surface area contributed by atoms with Crippen molar-refractivity contribution < 1.29 is 9.21 Å². The lowest BCUT2D eigenvalue weighted by Crippen LogP contribution is -2.24. The highest BCUT2D eigenvalue weighted by Gasteiger charge is 2.11. The molecule has 0 aliphatic rings.